The second-order valence-corrected chi connectivity index (χ2v) is 5.60. The molecule has 1 rings (SSSR count). The first kappa shape index (κ1) is 14.2. The van der Waals surface area contributed by atoms with Crippen LogP contribution in [0.5, 0.6) is 0 Å². The molecule has 0 bridgehead atoms. The highest BCUT2D eigenvalue weighted by Gasteiger charge is 2.14. The predicted molar refractivity (Wildman–Crippen MR) is 68.6 cm³/mol. The number of rotatable bonds is 6. The summed E-state index contributed by atoms with van der Waals surface area (Å²) in [7, 11) is 3.21. The standard InChI is InChI=1S/C10H15Cl2NO2S/c1-6(13-5-9(14-2)15-3)7-4-8(11)16-10(7)12/h4,6,9,13H,5H2,1-3H3. The number of ether oxygens (including phenoxy) is 2. The molecule has 0 aliphatic carbocycles. The maximum absolute atomic E-state index is 6.05. The largest absolute Gasteiger partial charge is 0.355 e. The molecular formula is C10H15Cl2NO2S. The molecule has 0 saturated carbocycles. The normalized spacial score (nSPS) is 13.4. The molecule has 1 unspecified atom stereocenters. The van der Waals surface area contributed by atoms with Gasteiger partial charge in [0, 0.05) is 26.8 Å². The van der Waals surface area contributed by atoms with Crippen LogP contribution < -0.4 is 5.32 Å². The minimum absolute atomic E-state index is 0.115. The fraction of sp³-hybridized carbons (Fsp3) is 0.600. The van der Waals surface area contributed by atoms with Crippen LogP contribution in [0.3, 0.4) is 0 Å². The van der Waals surface area contributed by atoms with Gasteiger partial charge in [0.05, 0.1) is 8.67 Å². The summed E-state index contributed by atoms with van der Waals surface area (Å²) in [5, 5.41) is 3.27. The van der Waals surface area contributed by atoms with Crippen molar-refractivity contribution in [1.82, 2.24) is 5.32 Å². The van der Waals surface area contributed by atoms with Crippen LogP contribution in [0.4, 0.5) is 0 Å². The van der Waals surface area contributed by atoms with Crippen molar-refractivity contribution in [1.29, 1.82) is 0 Å². The van der Waals surface area contributed by atoms with Crippen LogP contribution in [0, 0.1) is 0 Å². The van der Waals surface area contributed by atoms with Crippen molar-refractivity contribution in [3.05, 3.63) is 20.3 Å². The van der Waals surface area contributed by atoms with Gasteiger partial charge in [-0.25, -0.2) is 0 Å². The Labute approximate surface area is 110 Å². The number of nitrogens with one attached hydrogen (secondary N) is 1. The molecule has 1 aromatic rings. The van der Waals surface area contributed by atoms with Gasteiger partial charge in [0.25, 0.3) is 0 Å². The van der Waals surface area contributed by atoms with E-state index in [1.54, 1.807) is 14.2 Å². The van der Waals surface area contributed by atoms with Crippen LogP contribution >= 0.6 is 34.5 Å². The second-order valence-electron chi connectivity index (χ2n) is 3.31. The average molecular weight is 284 g/mol. The molecule has 16 heavy (non-hydrogen) atoms. The van der Waals surface area contributed by atoms with Crippen LogP contribution in [0.25, 0.3) is 0 Å². The summed E-state index contributed by atoms with van der Waals surface area (Å²) in [6.07, 6.45) is -0.254. The van der Waals surface area contributed by atoms with E-state index in [0.717, 1.165) is 9.90 Å². The predicted octanol–water partition coefficient (Wildman–Crippen LogP) is 3.32. The number of thiophene rings is 1. The van der Waals surface area contributed by atoms with E-state index >= 15 is 0 Å². The number of halogens is 2. The molecule has 0 aliphatic heterocycles. The molecule has 1 aromatic heterocycles. The van der Waals surface area contributed by atoms with Crippen LogP contribution in [0.15, 0.2) is 6.07 Å². The Morgan fingerprint density at radius 2 is 2.00 bits per heavy atom. The van der Waals surface area contributed by atoms with Gasteiger partial charge in [0.1, 0.15) is 0 Å². The van der Waals surface area contributed by atoms with E-state index in [4.69, 9.17) is 32.7 Å². The van der Waals surface area contributed by atoms with Crippen LogP contribution in [-0.4, -0.2) is 27.1 Å². The lowest BCUT2D eigenvalue weighted by Crippen LogP contribution is -2.31. The third-order valence-corrected chi connectivity index (χ3v) is 3.78. The Morgan fingerprint density at radius 3 is 2.44 bits per heavy atom. The highest BCUT2D eigenvalue weighted by molar-refractivity contribution is 7.20. The SMILES string of the molecule is COC(CNC(C)c1cc(Cl)sc1Cl)OC. The molecule has 92 valence electrons. The second kappa shape index (κ2) is 6.79. The van der Waals surface area contributed by atoms with Gasteiger partial charge in [-0.05, 0) is 18.6 Å². The van der Waals surface area contributed by atoms with Crippen molar-refractivity contribution in [2.24, 2.45) is 0 Å². The number of hydrogen-bond acceptors (Lipinski definition) is 4. The average Bonchev–Trinajstić information content (AvgIpc) is 2.59. The molecule has 0 aliphatic rings. The summed E-state index contributed by atoms with van der Waals surface area (Å²) in [6, 6.07) is 1.99. The van der Waals surface area contributed by atoms with E-state index in [0.29, 0.717) is 10.9 Å². The fourth-order valence-electron chi connectivity index (χ4n) is 1.29. The first-order valence-corrected chi connectivity index (χ1v) is 6.39. The Kier molecular flexibility index (Phi) is 6.03. The summed E-state index contributed by atoms with van der Waals surface area (Å²) in [4.78, 5) is 0. The first-order chi connectivity index (χ1) is 7.58. The Bertz CT molecular complexity index is 329. The lowest BCUT2D eigenvalue weighted by atomic mass is 10.2. The molecule has 0 fully saturated rings. The van der Waals surface area contributed by atoms with Gasteiger partial charge < -0.3 is 14.8 Å². The highest BCUT2D eigenvalue weighted by Crippen LogP contribution is 2.34. The Balaban J connectivity index is 2.52. The van der Waals surface area contributed by atoms with Crippen LogP contribution in [0.1, 0.15) is 18.5 Å². The summed E-state index contributed by atoms with van der Waals surface area (Å²) >= 11 is 13.3. The molecule has 3 nitrogen and oxygen atoms in total. The van der Waals surface area contributed by atoms with E-state index in [1.165, 1.54) is 11.3 Å². The zero-order valence-corrected chi connectivity index (χ0v) is 11.7. The zero-order valence-electron chi connectivity index (χ0n) is 9.42. The minimum Gasteiger partial charge on any atom is -0.355 e. The van der Waals surface area contributed by atoms with E-state index in [2.05, 4.69) is 5.32 Å². The smallest absolute Gasteiger partial charge is 0.169 e. The van der Waals surface area contributed by atoms with E-state index in [-0.39, 0.29) is 12.3 Å². The van der Waals surface area contributed by atoms with Crippen molar-refractivity contribution in [2.75, 3.05) is 20.8 Å². The topological polar surface area (TPSA) is 30.5 Å². The van der Waals surface area contributed by atoms with Gasteiger partial charge >= 0.3 is 0 Å². The summed E-state index contributed by atoms with van der Waals surface area (Å²) < 4.78 is 11.6. The van der Waals surface area contributed by atoms with Crippen molar-refractivity contribution >= 4 is 34.5 Å². The summed E-state index contributed by atoms with van der Waals surface area (Å²) in [5.41, 5.74) is 1.00. The molecule has 1 N–H and O–H groups in total. The third kappa shape index (κ3) is 3.87. The van der Waals surface area contributed by atoms with Crippen molar-refractivity contribution in [3.63, 3.8) is 0 Å². The zero-order chi connectivity index (χ0) is 12.1. The molecule has 0 spiro atoms. The van der Waals surface area contributed by atoms with E-state index in [9.17, 15) is 0 Å². The maximum Gasteiger partial charge on any atom is 0.169 e. The fourth-order valence-corrected chi connectivity index (χ4v) is 2.94. The number of hydrogen-bond donors (Lipinski definition) is 1. The van der Waals surface area contributed by atoms with Gasteiger partial charge in [-0.15, -0.1) is 11.3 Å². The summed E-state index contributed by atoms with van der Waals surface area (Å²) in [5.74, 6) is 0. The molecule has 0 amide bonds. The van der Waals surface area contributed by atoms with Crippen molar-refractivity contribution < 1.29 is 9.47 Å². The molecule has 1 heterocycles. The lowest BCUT2D eigenvalue weighted by Gasteiger charge is -2.18. The monoisotopic (exact) mass is 283 g/mol. The molecular weight excluding hydrogens is 269 g/mol. The Hall–Kier alpha value is 0.160. The van der Waals surface area contributed by atoms with Gasteiger partial charge in [-0.2, -0.15) is 0 Å². The van der Waals surface area contributed by atoms with Gasteiger partial charge in [-0.1, -0.05) is 23.2 Å². The van der Waals surface area contributed by atoms with E-state index in [1.807, 2.05) is 13.0 Å². The molecule has 0 radical (unpaired) electrons. The molecule has 0 aromatic carbocycles. The lowest BCUT2D eigenvalue weighted by molar-refractivity contribution is -0.0997. The highest BCUT2D eigenvalue weighted by atomic mass is 35.5. The third-order valence-electron chi connectivity index (χ3n) is 2.27. The summed E-state index contributed by atoms with van der Waals surface area (Å²) in [6.45, 7) is 2.62. The molecule has 0 saturated heterocycles. The minimum atomic E-state index is -0.254. The van der Waals surface area contributed by atoms with Crippen LogP contribution in [-0.2, 0) is 9.47 Å². The van der Waals surface area contributed by atoms with Crippen molar-refractivity contribution in [2.45, 2.75) is 19.3 Å². The molecule has 6 heteroatoms. The van der Waals surface area contributed by atoms with E-state index < -0.39 is 0 Å². The van der Waals surface area contributed by atoms with Gasteiger partial charge in [0.15, 0.2) is 6.29 Å². The number of methoxy groups -OCH3 is 2. The molecule has 1 atom stereocenters. The first-order valence-electron chi connectivity index (χ1n) is 4.82. The van der Waals surface area contributed by atoms with Crippen LogP contribution in [0.2, 0.25) is 8.67 Å². The van der Waals surface area contributed by atoms with Gasteiger partial charge in [-0.3, -0.25) is 0 Å². The maximum atomic E-state index is 6.05. The van der Waals surface area contributed by atoms with Crippen molar-refractivity contribution in [3.8, 4) is 0 Å². The van der Waals surface area contributed by atoms with Gasteiger partial charge in [0.2, 0.25) is 0 Å². The quantitative estimate of drug-likeness (QED) is 0.813. The Morgan fingerprint density at radius 1 is 1.38 bits per heavy atom.